The smallest absolute Gasteiger partial charge is 0.329 e. The molecule has 0 radical (unpaired) electrons. The second-order valence-corrected chi connectivity index (χ2v) is 6.03. The van der Waals surface area contributed by atoms with Crippen LogP contribution >= 0.6 is 0 Å². The highest BCUT2D eigenvalue weighted by Gasteiger charge is 2.41. The summed E-state index contributed by atoms with van der Waals surface area (Å²) in [5, 5.41) is 14.4. The standard InChI is InChI=1S/C17H22N2O5/c1-11-3-4-13(9-12(11)2)15(21)18-10-14(20)19-17(16(22)23)5-7-24-8-6-17/h3-4,9H,5-8,10H2,1-2H3,(H,18,21)(H,19,20)(H,22,23). The van der Waals surface area contributed by atoms with Gasteiger partial charge in [0.15, 0.2) is 0 Å². The summed E-state index contributed by atoms with van der Waals surface area (Å²) >= 11 is 0. The van der Waals surface area contributed by atoms with E-state index in [-0.39, 0.29) is 38.5 Å². The van der Waals surface area contributed by atoms with E-state index in [1.165, 1.54) is 0 Å². The van der Waals surface area contributed by atoms with Gasteiger partial charge < -0.3 is 20.5 Å². The minimum atomic E-state index is -1.32. The summed E-state index contributed by atoms with van der Waals surface area (Å²) in [5.74, 6) is -1.99. The van der Waals surface area contributed by atoms with Crippen molar-refractivity contribution in [1.82, 2.24) is 10.6 Å². The molecule has 1 saturated heterocycles. The Bertz CT molecular complexity index is 650. The average molecular weight is 334 g/mol. The molecule has 1 aliphatic rings. The van der Waals surface area contributed by atoms with Crippen LogP contribution in [-0.4, -0.2) is 48.2 Å². The number of benzene rings is 1. The molecule has 3 N–H and O–H groups in total. The second-order valence-electron chi connectivity index (χ2n) is 6.03. The number of hydrogen-bond acceptors (Lipinski definition) is 4. The fraction of sp³-hybridized carbons (Fsp3) is 0.471. The quantitative estimate of drug-likeness (QED) is 0.738. The molecule has 1 aliphatic heterocycles. The van der Waals surface area contributed by atoms with Crippen LogP contribution in [0.1, 0.15) is 34.3 Å². The summed E-state index contributed by atoms with van der Waals surface area (Å²) in [6.07, 6.45) is 0.415. The summed E-state index contributed by atoms with van der Waals surface area (Å²) in [7, 11) is 0. The van der Waals surface area contributed by atoms with Crippen LogP contribution in [0.3, 0.4) is 0 Å². The number of hydrogen-bond donors (Lipinski definition) is 3. The van der Waals surface area contributed by atoms with Crippen molar-refractivity contribution >= 4 is 17.8 Å². The lowest BCUT2D eigenvalue weighted by Gasteiger charge is -2.33. The first kappa shape index (κ1) is 17.9. The molecule has 2 rings (SSSR count). The Hall–Kier alpha value is -2.41. The van der Waals surface area contributed by atoms with Gasteiger partial charge >= 0.3 is 5.97 Å². The number of aryl methyl sites for hydroxylation is 2. The van der Waals surface area contributed by atoms with Crippen molar-refractivity contribution in [1.29, 1.82) is 0 Å². The molecule has 24 heavy (non-hydrogen) atoms. The lowest BCUT2D eigenvalue weighted by atomic mass is 9.90. The van der Waals surface area contributed by atoms with Crippen LogP contribution in [0.15, 0.2) is 18.2 Å². The van der Waals surface area contributed by atoms with Gasteiger partial charge in [-0.3, -0.25) is 9.59 Å². The number of ether oxygens (including phenoxy) is 1. The highest BCUT2D eigenvalue weighted by Crippen LogP contribution is 2.20. The molecule has 7 heteroatoms. The molecule has 1 fully saturated rings. The van der Waals surface area contributed by atoms with Crippen LogP contribution in [0.2, 0.25) is 0 Å². The third-order valence-electron chi connectivity index (χ3n) is 4.31. The van der Waals surface area contributed by atoms with Crippen molar-refractivity contribution in [3.8, 4) is 0 Å². The van der Waals surface area contributed by atoms with Crippen molar-refractivity contribution in [3.05, 3.63) is 34.9 Å². The number of carbonyl (C=O) groups is 3. The Morgan fingerprint density at radius 3 is 2.42 bits per heavy atom. The number of nitrogens with one attached hydrogen (secondary N) is 2. The van der Waals surface area contributed by atoms with E-state index in [2.05, 4.69) is 10.6 Å². The number of rotatable bonds is 5. The Labute approximate surface area is 140 Å². The Morgan fingerprint density at radius 2 is 1.83 bits per heavy atom. The minimum Gasteiger partial charge on any atom is -0.480 e. The van der Waals surface area contributed by atoms with E-state index in [1.807, 2.05) is 19.9 Å². The van der Waals surface area contributed by atoms with E-state index in [0.29, 0.717) is 5.56 Å². The van der Waals surface area contributed by atoms with E-state index >= 15 is 0 Å². The number of carboxylic acid groups (broad SMARTS) is 1. The Balaban J connectivity index is 1.93. The molecule has 1 aromatic rings. The fourth-order valence-electron chi connectivity index (χ4n) is 2.57. The van der Waals surface area contributed by atoms with Crippen LogP contribution in [-0.2, 0) is 14.3 Å². The van der Waals surface area contributed by atoms with Crippen molar-refractivity contribution in [2.24, 2.45) is 0 Å². The van der Waals surface area contributed by atoms with Crippen molar-refractivity contribution < 1.29 is 24.2 Å². The molecule has 1 heterocycles. The van der Waals surface area contributed by atoms with Gasteiger partial charge in [-0.25, -0.2) is 4.79 Å². The van der Waals surface area contributed by atoms with Crippen molar-refractivity contribution in [3.63, 3.8) is 0 Å². The Kier molecular flexibility index (Phi) is 5.56. The van der Waals surface area contributed by atoms with Crippen molar-refractivity contribution in [2.45, 2.75) is 32.2 Å². The highest BCUT2D eigenvalue weighted by atomic mass is 16.5. The SMILES string of the molecule is Cc1ccc(C(=O)NCC(=O)NC2(C(=O)O)CCOCC2)cc1C. The molecule has 0 saturated carbocycles. The summed E-state index contributed by atoms with van der Waals surface area (Å²) in [6.45, 7) is 4.13. The first-order valence-corrected chi connectivity index (χ1v) is 7.82. The molecule has 0 spiro atoms. The lowest BCUT2D eigenvalue weighted by molar-refractivity contribution is -0.151. The zero-order chi connectivity index (χ0) is 17.7. The van der Waals surface area contributed by atoms with Gasteiger partial charge in [0.25, 0.3) is 5.91 Å². The molecular formula is C17H22N2O5. The minimum absolute atomic E-state index is 0.208. The van der Waals surface area contributed by atoms with E-state index in [4.69, 9.17) is 4.74 Å². The van der Waals surface area contributed by atoms with E-state index < -0.39 is 17.4 Å². The summed E-state index contributed by atoms with van der Waals surface area (Å²) < 4.78 is 5.15. The topological polar surface area (TPSA) is 105 Å². The van der Waals surface area contributed by atoms with Gasteiger partial charge in [0.05, 0.1) is 6.54 Å². The molecule has 1 aromatic carbocycles. The zero-order valence-electron chi connectivity index (χ0n) is 13.8. The normalized spacial score (nSPS) is 16.2. The maximum atomic E-state index is 12.1. The molecule has 0 bridgehead atoms. The first-order chi connectivity index (χ1) is 11.3. The van der Waals surface area contributed by atoms with Gasteiger partial charge in [0.2, 0.25) is 5.91 Å². The molecule has 0 aliphatic carbocycles. The van der Waals surface area contributed by atoms with Gasteiger partial charge in [-0.15, -0.1) is 0 Å². The zero-order valence-corrected chi connectivity index (χ0v) is 13.8. The predicted octanol–water partition coefficient (Wildman–Crippen LogP) is 0.783. The van der Waals surface area contributed by atoms with Crippen LogP contribution < -0.4 is 10.6 Å². The largest absolute Gasteiger partial charge is 0.480 e. The van der Waals surface area contributed by atoms with Gasteiger partial charge in [0, 0.05) is 31.6 Å². The predicted molar refractivity (Wildman–Crippen MR) is 86.8 cm³/mol. The molecular weight excluding hydrogens is 312 g/mol. The Morgan fingerprint density at radius 1 is 1.17 bits per heavy atom. The third kappa shape index (κ3) is 4.11. The third-order valence-corrected chi connectivity index (χ3v) is 4.31. The van der Waals surface area contributed by atoms with Crippen LogP contribution in [0.25, 0.3) is 0 Å². The number of amides is 2. The van der Waals surface area contributed by atoms with Crippen LogP contribution in [0.4, 0.5) is 0 Å². The molecule has 0 unspecified atom stereocenters. The summed E-state index contributed by atoms with van der Waals surface area (Å²) in [4.78, 5) is 35.6. The van der Waals surface area contributed by atoms with Gasteiger partial charge in [-0.05, 0) is 37.1 Å². The van der Waals surface area contributed by atoms with Crippen LogP contribution in [0.5, 0.6) is 0 Å². The highest BCUT2D eigenvalue weighted by molar-refractivity contribution is 5.97. The average Bonchev–Trinajstić information content (AvgIpc) is 2.56. The first-order valence-electron chi connectivity index (χ1n) is 7.82. The maximum absolute atomic E-state index is 12.1. The molecule has 0 atom stereocenters. The molecule has 7 nitrogen and oxygen atoms in total. The van der Waals surface area contributed by atoms with E-state index in [1.54, 1.807) is 12.1 Å². The van der Waals surface area contributed by atoms with Crippen LogP contribution in [0, 0.1) is 13.8 Å². The van der Waals surface area contributed by atoms with Gasteiger partial charge in [0.1, 0.15) is 5.54 Å². The summed E-state index contributed by atoms with van der Waals surface area (Å²) in [5.41, 5.74) is 1.21. The summed E-state index contributed by atoms with van der Waals surface area (Å²) in [6, 6.07) is 5.28. The van der Waals surface area contributed by atoms with E-state index in [9.17, 15) is 19.5 Å². The fourth-order valence-corrected chi connectivity index (χ4v) is 2.57. The number of carboxylic acids is 1. The van der Waals surface area contributed by atoms with Gasteiger partial charge in [-0.1, -0.05) is 6.07 Å². The number of aliphatic carboxylic acids is 1. The lowest BCUT2D eigenvalue weighted by Crippen LogP contribution is -2.59. The maximum Gasteiger partial charge on any atom is 0.329 e. The van der Waals surface area contributed by atoms with E-state index in [0.717, 1.165) is 11.1 Å². The molecule has 0 aromatic heterocycles. The monoisotopic (exact) mass is 334 g/mol. The molecule has 2 amide bonds. The molecule has 130 valence electrons. The van der Waals surface area contributed by atoms with Gasteiger partial charge in [-0.2, -0.15) is 0 Å². The van der Waals surface area contributed by atoms with Crippen molar-refractivity contribution in [2.75, 3.05) is 19.8 Å². The number of carbonyl (C=O) groups excluding carboxylic acids is 2. The second kappa shape index (κ2) is 7.44.